The molecule has 1 aliphatic rings. The quantitative estimate of drug-likeness (QED) is 0.920. The van der Waals surface area contributed by atoms with Gasteiger partial charge in [0.1, 0.15) is 0 Å². The molecular weight excluding hydrogens is 260 g/mol. The number of aryl methyl sites for hydroxylation is 1. The predicted molar refractivity (Wildman–Crippen MR) is 83.6 cm³/mol. The molecule has 2 nitrogen and oxygen atoms in total. The SMILES string of the molecule is CSC1CCCN(C(CN)c2ccc(C)s2)CC1. The number of rotatable bonds is 4. The molecule has 1 fully saturated rings. The zero-order chi connectivity index (χ0) is 13.0. The Balaban J connectivity index is 2.03. The zero-order valence-electron chi connectivity index (χ0n) is 11.4. The van der Waals surface area contributed by atoms with Crippen LogP contribution >= 0.6 is 23.1 Å². The third-order valence-electron chi connectivity index (χ3n) is 3.80. The van der Waals surface area contributed by atoms with Crippen LogP contribution in [0.4, 0.5) is 0 Å². The summed E-state index contributed by atoms with van der Waals surface area (Å²) in [6, 6.07) is 4.91. The van der Waals surface area contributed by atoms with Crippen molar-refractivity contribution in [2.45, 2.75) is 37.5 Å². The standard InChI is InChI=1S/C14H24N2S2/c1-11-5-6-14(18-11)13(10-15)16-8-3-4-12(17-2)7-9-16/h5-6,12-13H,3-4,7-10,15H2,1-2H3. The van der Waals surface area contributed by atoms with Gasteiger partial charge in [0, 0.05) is 21.5 Å². The lowest BCUT2D eigenvalue weighted by Crippen LogP contribution is -2.34. The lowest BCUT2D eigenvalue weighted by molar-refractivity contribution is 0.213. The molecule has 4 heteroatoms. The maximum Gasteiger partial charge on any atom is 0.0564 e. The molecule has 0 radical (unpaired) electrons. The maximum atomic E-state index is 6.02. The fourth-order valence-corrected chi connectivity index (χ4v) is 4.48. The number of thiophene rings is 1. The van der Waals surface area contributed by atoms with Crippen molar-refractivity contribution in [3.63, 3.8) is 0 Å². The van der Waals surface area contributed by atoms with E-state index in [9.17, 15) is 0 Å². The van der Waals surface area contributed by atoms with Crippen LogP contribution in [-0.2, 0) is 0 Å². The van der Waals surface area contributed by atoms with E-state index in [2.05, 4.69) is 30.2 Å². The van der Waals surface area contributed by atoms with Crippen LogP contribution < -0.4 is 5.73 Å². The Labute approximate surface area is 119 Å². The van der Waals surface area contributed by atoms with E-state index in [-0.39, 0.29) is 0 Å². The van der Waals surface area contributed by atoms with Crippen molar-refractivity contribution < 1.29 is 0 Å². The van der Waals surface area contributed by atoms with Crippen molar-refractivity contribution in [1.82, 2.24) is 4.90 Å². The molecule has 1 aliphatic heterocycles. The summed E-state index contributed by atoms with van der Waals surface area (Å²) in [5, 5.41) is 0.846. The predicted octanol–water partition coefficient (Wildman–Crippen LogP) is 3.27. The Hall–Kier alpha value is -0.0300. The maximum absolute atomic E-state index is 6.02. The molecule has 0 aliphatic carbocycles. The van der Waals surface area contributed by atoms with Gasteiger partial charge in [-0.05, 0) is 57.7 Å². The minimum absolute atomic E-state index is 0.435. The van der Waals surface area contributed by atoms with E-state index in [1.165, 1.54) is 42.1 Å². The highest BCUT2D eigenvalue weighted by molar-refractivity contribution is 7.99. The average molecular weight is 284 g/mol. The molecule has 2 N–H and O–H groups in total. The lowest BCUT2D eigenvalue weighted by atomic mass is 10.2. The van der Waals surface area contributed by atoms with E-state index >= 15 is 0 Å². The van der Waals surface area contributed by atoms with Gasteiger partial charge in [-0.15, -0.1) is 11.3 Å². The van der Waals surface area contributed by atoms with Gasteiger partial charge in [0.2, 0.25) is 0 Å². The minimum atomic E-state index is 0.435. The molecule has 0 bridgehead atoms. The fraction of sp³-hybridized carbons (Fsp3) is 0.714. The van der Waals surface area contributed by atoms with E-state index in [1.54, 1.807) is 0 Å². The van der Waals surface area contributed by atoms with Crippen molar-refractivity contribution in [3.8, 4) is 0 Å². The first-order valence-corrected chi connectivity index (χ1v) is 8.88. The van der Waals surface area contributed by atoms with E-state index in [0.29, 0.717) is 6.04 Å². The summed E-state index contributed by atoms with van der Waals surface area (Å²) < 4.78 is 0. The number of likely N-dealkylation sites (tertiary alicyclic amines) is 1. The molecule has 1 saturated heterocycles. The Morgan fingerprint density at radius 3 is 2.89 bits per heavy atom. The van der Waals surface area contributed by atoms with Crippen LogP contribution in [0.2, 0.25) is 0 Å². The van der Waals surface area contributed by atoms with E-state index in [0.717, 1.165) is 11.8 Å². The van der Waals surface area contributed by atoms with Crippen LogP contribution in [0.3, 0.4) is 0 Å². The minimum Gasteiger partial charge on any atom is -0.329 e. The fourth-order valence-electron chi connectivity index (χ4n) is 2.71. The van der Waals surface area contributed by atoms with Crippen LogP contribution in [-0.4, -0.2) is 36.0 Å². The van der Waals surface area contributed by atoms with Crippen LogP contribution in [0.5, 0.6) is 0 Å². The summed E-state index contributed by atoms with van der Waals surface area (Å²) in [4.78, 5) is 5.43. The normalized spacial score (nSPS) is 23.8. The summed E-state index contributed by atoms with van der Waals surface area (Å²) in [7, 11) is 0. The Bertz CT molecular complexity index is 364. The van der Waals surface area contributed by atoms with E-state index in [4.69, 9.17) is 5.73 Å². The molecular formula is C14H24N2S2. The van der Waals surface area contributed by atoms with Crippen LogP contribution in [0.1, 0.15) is 35.1 Å². The summed E-state index contributed by atoms with van der Waals surface area (Å²) in [5.41, 5.74) is 6.02. The van der Waals surface area contributed by atoms with Crippen molar-refractivity contribution >= 4 is 23.1 Å². The van der Waals surface area contributed by atoms with Gasteiger partial charge >= 0.3 is 0 Å². The van der Waals surface area contributed by atoms with Gasteiger partial charge in [0.05, 0.1) is 6.04 Å². The molecule has 0 spiro atoms. The molecule has 2 heterocycles. The van der Waals surface area contributed by atoms with Crippen molar-refractivity contribution in [2.75, 3.05) is 25.9 Å². The first-order valence-electron chi connectivity index (χ1n) is 6.78. The van der Waals surface area contributed by atoms with Gasteiger partial charge in [-0.25, -0.2) is 0 Å². The molecule has 2 atom stereocenters. The lowest BCUT2D eigenvalue weighted by Gasteiger charge is -2.29. The second-order valence-electron chi connectivity index (χ2n) is 5.02. The van der Waals surface area contributed by atoms with Crippen LogP contribution in [0.15, 0.2) is 12.1 Å². The van der Waals surface area contributed by atoms with Crippen LogP contribution in [0, 0.1) is 6.92 Å². The van der Waals surface area contributed by atoms with Crippen molar-refractivity contribution in [3.05, 3.63) is 21.9 Å². The summed E-state index contributed by atoms with van der Waals surface area (Å²) in [6.45, 7) is 5.32. The van der Waals surface area contributed by atoms with Gasteiger partial charge in [-0.1, -0.05) is 0 Å². The first-order chi connectivity index (χ1) is 8.74. The van der Waals surface area contributed by atoms with Crippen molar-refractivity contribution in [2.24, 2.45) is 5.73 Å². The molecule has 1 aromatic heterocycles. The van der Waals surface area contributed by atoms with Gasteiger partial charge < -0.3 is 5.73 Å². The third-order valence-corrected chi connectivity index (χ3v) is 6.04. The summed E-state index contributed by atoms with van der Waals surface area (Å²) in [5.74, 6) is 0. The van der Waals surface area contributed by atoms with E-state index in [1.807, 2.05) is 23.1 Å². The molecule has 2 rings (SSSR count). The summed E-state index contributed by atoms with van der Waals surface area (Å²) in [6.07, 6.45) is 6.22. The topological polar surface area (TPSA) is 29.3 Å². The number of hydrogen-bond acceptors (Lipinski definition) is 4. The molecule has 18 heavy (non-hydrogen) atoms. The second kappa shape index (κ2) is 6.94. The monoisotopic (exact) mass is 284 g/mol. The number of hydrogen-bond donors (Lipinski definition) is 1. The number of nitrogens with zero attached hydrogens (tertiary/aromatic N) is 1. The molecule has 0 saturated carbocycles. The smallest absolute Gasteiger partial charge is 0.0564 e. The highest BCUT2D eigenvalue weighted by Crippen LogP contribution is 2.30. The largest absolute Gasteiger partial charge is 0.329 e. The summed E-state index contributed by atoms with van der Waals surface area (Å²) >= 11 is 3.93. The Kier molecular flexibility index (Phi) is 5.55. The van der Waals surface area contributed by atoms with Gasteiger partial charge in [0.25, 0.3) is 0 Å². The number of nitrogens with two attached hydrogens (primary N) is 1. The highest BCUT2D eigenvalue weighted by Gasteiger charge is 2.23. The van der Waals surface area contributed by atoms with Crippen molar-refractivity contribution in [1.29, 1.82) is 0 Å². The zero-order valence-corrected chi connectivity index (χ0v) is 13.0. The Morgan fingerprint density at radius 2 is 2.28 bits per heavy atom. The Morgan fingerprint density at radius 1 is 1.44 bits per heavy atom. The molecule has 1 aromatic rings. The molecule has 0 aromatic carbocycles. The van der Waals surface area contributed by atoms with Gasteiger partial charge in [-0.3, -0.25) is 4.90 Å². The van der Waals surface area contributed by atoms with E-state index < -0.39 is 0 Å². The average Bonchev–Trinajstić information content (AvgIpc) is 2.66. The molecule has 0 amide bonds. The second-order valence-corrected chi connectivity index (χ2v) is 7.48. The third kappa shape index (κ3) is 3.50. The highest BCUT2D eigenvalue weighted by atomic mass is 32.2. The van der Waals surface area contributed by atoms with Gasteiger partial charge in [-0.2, -0.15) is 11.8 Å². The number of thioether (sulfide) groups is 1. The van der Waals surface area contributed by atoms with Crippen LogP contribution in [0.25, 0.3) is 0 Å². The van der Waals surface area contributed by atoms with Gasteiger partial charge in [0.15, 0.2) is 0 Å². The molecule has 102 valence electrons. The first kappa shape index (κ1) is 14.4. The molecule has 2 unspecified atom stereocenters.